The van der Waals surface area contributed by atoms with Gasteiger partial charge >= 0.3 is 5.97 Å². The maximum atomic E-state index is 11.9. The minimum absolute atomic E-state index is 0.334. The first-order valence-electron chi connectivity index (χ1n) is 8.98. The molecule has 0 aliphatic heterocycles. The molecule has 0 aliphatic carbocycles. The minimum Gasteiger partial charge on any atom is -0.497 e. The van der Waals surface area contributed by atoms with Crippen LogP contribution in [0.2, 0.25) is 0 Å². The molecule has 1 N–H and O–H groups in total. The van der Waals surface area contributed by atoms with Crippen LogP contribution in [0.15, 0.2) is 54.6 Å². The fourth-order valence-electron chi connectivity index (χ4n) is 2.43. The number of hydrogen-bond donors (Lipinski definition) is 1. The molecule has 5 nitrogen and oxygen atoms in total. The van der Waals surface area contributed by atoms with Crippen LogP contribution in [0.1, 0.15) is 30.9 Å². The average molecular weight is 367 g/mol. The molecular formula is C22H25NO4. The lowest BCUT2D eigenvalue weighted by molar-refractivity contribution is -0.142. The normalized spacial score (nSPS) is 10.6. The van der Waals surface area contributed by atoms with Gasteiger partial charge in [-0.1, -0.05) is 37.6 Å². The van der Waals surface area contributed by atoms with E-state index in [4.69, 9.17) is 9.47 Å². The second kappa shape index (κ2) is 10.8. The van der Waals surface area contributed by atoms with Crippen molar-refractivity contribution in [2.24, 2.45) is 0 Å². The third kappa shape index (κ3) is 7.36. The van der Waals surface area contributed by atoms with Gasteiger partial charge in [0.05, 0.1) is 7.11 Å². The molecule has 142 valence electrons. The van der Waals surface area contributed by atoms with Gasteiger partial charge in [0.2, 0.25) is 0 Å². The summed E-state index contributed by atoms with van der Waals surface area (Å²) in [6, 6.07) is 15.0. The first-order valence-corrected chi connectivity index (χ1v) is 8.98. The number of nitrogens with one attached hydrogen (secondary N) is 1. The van der Waals surface area contributed by atoms with Gasteiger partial charge in [-0.15, -0.1) is 0 Å². The summed E-state index contributed by atoms with van der Waals surface area (Å²) in [5, 5.41) is 2.71. The van der Waals surface area contributed by atoms with Gasteiger partial charge in [-0.2, -0.15) is 0 Å². The monoisotopic (exact) mass is 367 g/mol. The Morgan fingerprint density at radius 2 is 1.89 bits per heavy atom. The Morgan fingerprint density at radius 1 is 1.11 bits per heavy atom. The van der Waals surface area contributed by atoms with Gasteiger partial charge in [0.25, 0.3) is 5.91 Å². The zero-order valence-corrected chi connectivity index (χ0v) is 15.7. The second-order valence-corrected chi connectivity index (χ2v) is 6.07. The molecule has 0 fully saturated rings. The third-order valence-corrected chi connectivity index (χ3v) is 3.91. The fourth-order valence-corrected chi connectivity index (χ4v) is 2.43. The molecule has 5 heteroatoms. The zero-order valence-electron chi connectivity index (χ0n) is 15.7. The van der Waals surface area contributed by atoms with E-state index in [0.717, 1.165) is 24.8 Å². The molecule has 2 rings (SSSR count). The zero-order chi connectivity index (χ0) is 19.5. The standard InChI is InChI=1S/C22H25NO4/c1-3-4-6-17-9-12-19(13-10-17)23-21(24)16-27-22(25)14-11-18-7-5-8-20(15-18)26-2/h5,7-15H,3-4,6,16H2,1-2H3,(H,23,24). The summed E-state index contributed by atoms with van der Waals surface area (Å²) < 4.78 is 10.1. The van der Waals surface area contributed by atoms with Crippen LogP contribution in [-0.4, -0.2) is 25.6 Å². The quantitative estimate of drug-likeness (QED) is 0.532. The SMILES string of the molecule is CCCCc1ccc(NC(=O)COC(=O)C=Cc2cccc(OC)c2)cc1. The minimum atomic E-state index is -0.581. The predicted octanol–water partition coefficient (Wildman–Crippen LogP) is 4.23. The number of amides is 1. The van der Waals surface area contributed by atoms with E-state index in [1.54, 1.807) is 19.3 Å². The van der Waals surface area contributed by atoms with Crippen LogP contribution in [0.3, 0.4) is 0 Å². The van der Waals surface area contributed by atoms with Crippen LogP contribution in [0, 0.1) is 0 Å². The van der Waals surface area contributed by atoms with Gasteiger partial charge in [0.15, 0.2) is 6.61 Å². The van der Waals surface area contributed by atoms with Crippen LogP contribution in [0.4, 0.5) is 5.69 Å². The maximum absolute atomic E-state index is 11.9. The van der Waals surface area contributed by atoms with Crippen molar-refractivity contribution in [3.05, 3.63) is 65.7 Å². The van der Waals surface area contributed by atoms with Gasteiger partial charge in [-0.25, -0.2) is 4.79 Å². The Hall–Kier alpha value is -3.08. The van der Waals surface area contributed by atoms with E-state index < -0.39 is 5.97 Å². The van der Waals surface area contributed by atoms with Crippen LogP contribution < -0.4 is 10.1 Å². The maximum Gasteiger partial charge on any atom is 0.331 e. The first-order chi connectivity index (χ1) is 13.1. The van der Waals surface area contributed by atoms with Crippen LogP contribution in [0.25, 0.3) is 6.08 Å². The van der Waals surface area contributed by atoms with Gasteiger partial charge in [-0.3, -0.25) is 4.79 Å². The first kappa shape index (κ1) is 20.2. The fraction of sp³-hybridized carbons (Fsp3) is 0.273. The highest BCUT2D eigenvalue weighted by molar-refractivity contribution is 5.94. The number of ether oxygens (including phenoxy) is 2. The van der Waals surface area contributed by atoms with E-state index in [0.29, 0.717) is 11.4 Å². The number of unbranched alkanes of at least 4 members (excludes halogenated alkanes) is 1. The van der Waals surface area contributed by atoms with E-state index in [9.17, 15) is 9.59 Å². The summed E-state index contributed by atoms with van der Waals surface area (Å²) in [4.78, 5) is 23.7. The molecule has 0 aromatic heterocycles. The molecule has 27 heavy (non-hydrogen) atoms. The summed E-state index contributed by atoms with van der Waals surface area (Å²) in [5.74, 6) is -0.257. The number of benzene rings is 2. The number of hydrogen-bond acceptors (Lipinski definition) is 4. The van der Waals surface area contributed by atoms with E-state index in [1.807, 2.05) is 42.5 Å². The summed E-state index contributed by atoms with van der Waals surface area (Å²) in [6.45, 7) is 1.82. The molecule has 1 amide bonds. The molecular weight excluding hydrogens is 342 g/mol. The van der Waals surface area contributed by atoms with Crippen LogP contribution in [0.5, 0.6) is 5.75 Å². The molecule has 0 saturated heterocycles. The highest BCUT2D eigenvalue weighted by atomic mass is 16.5. The molecule has 2 aromatic carbocycles. The largest absolute Gasteiger partial charge is 0.497 e. The molecule has 0 radical (unpaired) electrons. The predicted molar refractivity (Wildman–Crippen MR) is 107 cm³/mol. The number of rotatable bonds is 9. The van der Waals surface area contributed by atoms with Gasteiger partial charge in [-0.05, 0) is 54.3 Å². The van der Waals surface area contributed by atoms with Crippen molar-refractivity contribution in [1.29, 1.82) is 0 Å². The number of methoxy groups -OCH3 is 1. The van der Waals surface area contributed by atoms with Crippen molar-refractivity contribution in [2.45, 2.75) is 26.2 Å². The van der Waals surface area contributed by atoms with Gasteiger partial charge in [0, 0.05) is 11.8 Å². The molecule has 0 saturated carbocycles. The van der Waals surface area contributed by atoms with Crippen molar-refractivity contribution >= 4 is 23.6 Å². The van der Waals surface area contributed by atoms with Crippen LogP contribution >= 0.6 is 0 Å². The molecule has 0 bridgehead atoms. The molecule has 0 heterocycles. The molecule has 0 spiro atoms. The van der Waals surface area contributed by atoms with Crippen molar-refractivity contribution in [3.8, 4) is 5.75 Å². The third-order valence-electron chi connectivity index (χ3n) is 3.91. The van der Waals surface area contributed by atoms with Gasteiger partial charge in [0.1, 0.15) is 5.75 Å². The molecule has 0 atom stereocenters. The van der Waals surface area contributed by atoms with E-state index in [2.05, 4.69) is 12.2 Å². The number of anilines is 1. The van der Waals surface area contributed by atoms with Gasteiger partial charge < -0.3 is 14.8 Å². The lowest BCUT2D eigenvalue weighted by Crippen LogP contribution is -2.20. The smallest absolute Gasteiger partial charge is 0.331 e. The highest BCUT2D eigenvalue weighted by Crippen LogP contribution is 2.14. The van der Waals surface area contributed by atoms with E-state index >= 15 is 0 Å². The van der Waals surface area contributed by atoms with E-state index in [-0.39, 0.29) is 12.5 Å². The summed E-state index contributed by atoms with van der Waals surface area (Å²) in [6.07, 6.45) is 6.21. The number of carbonyl (C=O) groups excluding carboxylic acids is 2. The van der Waals surface area contributed by atoms with Crippen molar-refractivity contribution in [2.75, 3.05) is 19.0 Å². The Morgan fingerprint density at radius 3 is 2.59 bits per heavy atom. The number of carbonyl (C=O) groups is 2. The number of esters is 1. The van der Waals surface area contributed by atoms with E-state index in [1.165, 1.54) is 11.6 Å². The summed E-state index contributed by atoms with van der Waals surface area (Å²) in [7, 11) is 1.58. The van der Waals surface area contributed by atoms with Crippen molar-refractivity contribution in [3.63, 3.8) is 0 Å². The highest BCUT2D eigenvalue weighted by Gasteiger charge is 2.06. The number of aryl methyl sites for hydroxylation is 1. The Bertz CT molecular complexity index is 781. The summed E-state index contributed by atoms with van der Waals surface area (Å²) >= 11 is 0. The lowest BCUT2D eigenvalue weighted by Gasteiger charge is -2.07. The Kier molecular flexibility index (Phi) is 8.10. The second-order valence-electron chi connectivity index (χ2n) is 6.07. The molecule has 0 unspecified atom stereocenters. The lowest BCUT2D eigenvalue weighted by atomic mass is 10.1. The topological polar surface area (TPSA) is 64.6 Å². The Labute approximate surface area is 160 Å². The summed E-state index contributed by atoms with van der Waals surface area (Å²) in [5.41, 5.74) is 2.73. The molecule has 0 aliphatic rings. The average Bonchev–Trinajstić information content (AvgIpc) is 2.70. The van der Waals surface area contributed by atoms with Crippen molar-refractivity contribution in [1.82, 2.24) is 0 Å². The Balaban J connectivity index is 1.77. The van der Waals surface area contributed by atoms with Crippen LogP contribution in [-0.2, 0) is 20.7 Å². The molecule has 2 aromatic rings. The van der Waals surface area contributed by atoms with Crippen molar-refractivity contribution < 1.29 is 19.1 Å².